The Hall–Kier alpha value is -0.610. The van der Waals surface area contributed by atoms with Gasteiger partial charge in [0, 0.05) is 30.7 Å². The van der Waals surface area contributed by atoms with Crippen LogP contribution in [0.4, 0.5) is 5.13 Å². The summed E-state index contributed by atoms with van der Waals surface area (Å²) in [5, 5.41) is 6.96. The summed E-state index contributed by atoms with van der Waals surface area (Å²) >= 11 is 1.75. The summed E-state index contributed by atoms with van der Waals surface area (Å²) in [6.45, 7) is 3.58. The van der Waals surface area contributed by atoms with Gasteiger partial charge in [0.15, 0.2) is 5.13 Å². The zero-order valence-electron chi connectivity index (χ0n) is 9.56. The third kappa shape index (κ3) is 2.55. The number of nitrogens with one attached hydrogen (secondary N) is 1. The predicted octanol–water partition coefficient (Wildman–Crippen LogP) is 2.11. The number of anilines is 1. The highest BCUT2D eigenvalue weighted by atomic mass is 32.1. The van der Waals surface area contributed by atoms with Crippen molar-refractivity contribution in [2.75, 3.05) is 24.5 Å². The van der Waals surface area contributed by atoms with Gasteiger partial charge in [0.25, 0.3) is 0 Å². The summed E-state index contributed by atoms with van der Waals surface area (Å²) in [7, 11) is 0. The van der Waals surface area contributed by atoms with Crippen LogP contribution < -0.4 is 10.2 Å². The van der Waals surface area contributed by atoms with Crippen LogP contribution in [0.5, 0.6) is 0 Å². The lowest BCUT2D eigenvalue weighted by Crippen LogP contribution is -2.43. The maximum atomic E-state index is 4.37. The molecule has 2 fully saturated rings. The largest absolute Gasteiger partial charge is 0.348 e. The molecule has 2 aliphatic rings. The Balaban J connectivity index is 1.44. The van der Waals surface area contributed by atoms with E-state index in [2.05, 4.69) is 20.6 Å². The van der Waals surface area contributed by atoms with Gasteiger partial charge in [0.1, 0.15) is 0 Å². The van der Waals surface area contributed by atoms with Gasteiger partial charge in [-0.05, 0) is 38.1 Å². The van der Waals surface area contributed by atoms with Crippen molar-refractivity contribution in [1.29, 1.82) is 0 Å². The average Bonchev–Trinajstić information content (AvgIpc) is 3.00. The van der Waals surface area contributed by atoms with E-state index in [1.54, 1.807) is 11.3 Å². The number of nitrogens with zero attached hydrogens (tertiary/aromatic N) is 2. The van der Waals surface area contributed by atoms with Crippen LogP contribution in [-0.4, -0.2) is 30.7 Å². The molecule has 0 atom stereocenters. The Morgan fingerprint density at radius 2 is 2.12 bits per heavy atom. The standard InChI is InChI=1S/C12H19N3S/c1-2-10(1)9-14-11-3-6-15(7-4-11)12-13-5-8-16-12/h5,8,10-11,14H,1-4,6-7,9H2. The van der Waals surface area contributed by atoms with Crippen LogP contribution >= 0.6 is 11.3 Å². The molecule has 1 saturated carbocycles. The molecule has 0 spiro atoms. The molecule has 1 aromatic rings. The van der Waals surface area contributed by atoms with E-state index in [1.807, 2.05) is 6.20 Å². The maximum absolute atomic E-state index is 4.37. The topological polar surface area (TPSA) is 28.2 Å². The van der Waals surface area contributed by atoms with Crippen LogP contribution in [0.3, 0.4) is 0 Å². The van der Waals surface area contributed by atoms with Crippen LogP contribution in [0.25, 0.3) is 0 Å². The zero-order chi connectivity index (χ0) is 10.8. The van der Waals surface area contributed by atoms with E-state index in [4.69, 9.17) is 0 Å². The Bertz CT molecular complexity index is 313. The average molecular weight is 237 g/mol. The summed E-state index contributed by atoms with van der Waals surface area (Å²) in [4.78, 5) is 6.79. The van der Waals surface area contributed by atoms with Crippen LogP contribution in [0.1, 0.15) is 25.7 Å². The van der Waals surface area contributed by atoms with Crippen molar-refractivity contribution in [2.24, 2.45) is 5.92 Å². The summed E-state index contributed by atoms with van der Waals surface area (Å²) in [5.74, 6) is 0.997. The minimum atomic E-state index is 0.747. The molecule has 1 saturated heterocycles. The molecule has 1 aromatic heterocycles. The molecule has 0 unspecified atom stereocenters. The summed E-state index contributed by atoms with van der Waals surface area (Å²) < 4.78 is 0. The smallest absolute Gasteiger partial charge is 0.185 e. The van der Waals surface area contributed by atoms with E-state index in [9.17, 15) is 0 Å². The minimum Gasteiger partial charge on any atom is -0.348 e. The first kappa shape index (κ1) is 10.5. The molecule has 1 N–H and O–H groups in total. The monoisotopic (exact) mass is 237 g/mol. The van der Waals surface area contributed by atoms with Crippen LogP contribution in [0.15, 0.2) is 11.6 Å². The van der Waals surface area contributed by atoms with Crippen molar-refractivity contribution in [2.45, 2.75) is 31.7 Å². The number of hydrogen-bond donors (Lipinski definition) is 1. The van der Waals surface area contributed by atoms with Gasteiger partial charge in [0.05, 0.1) is 0 Å². The molecule has 1 aliphatic heterocycles. The van der Waals surface area contributed by atoms with Gasteiger partial charge in [0.2, 0.25) is 0 Å². The van der Waals surface area contributed by atoms with E-state index in [0.29, 0.717) is 0 Å². The second kappa shape index (κ2) is 4.72. The lowest BCUT2D eigenvalue weighted by atomic mass is 10.1. The molecule has 0 aromatic carbocycles. The molecule has 0 radical (unpaired) electrons. The minimum absolute atomic E-state index is 0.747. The van der Waals surface area contributed by atoms with Gasteiger partial charge in [-0.1, -0.05) is 0 Å². The first-order chi connectivity index (χ1) is 7.92. The van der Waals surface area contributed by atoms with E-state index in [1.165, 1.54) is 37.4 Å². The van der Waals surface area contributed by atoms with Crippen molar-refractivity contribution < 1.29 is 0 Å². The van der Waals surface area contributed by atoms with Crippen molar-refractivity contribution in [3.8, 4) is 0 Å². The highest BCUT2D eigenvalue weighted by molar-refractivity contribution is 7.13. The van der Waals surface area contributed by atoms with Gasteiger partial charge in [-0.25, -0.2) is 4.98 Å². The number of piperidine rings is 1. The fourth-order valence-electron chi connectivity index (χ4n) is 2.30. The molecule has 1 aliphatic carbocycles. The van der Waals surface area contributed by atoms with Gasteiger partial charge in [-0.3, -0.25) is 0 Å². The third-order valence-electron chi connectivity index (χ3n) is 3.58. The van der Waals surface area contributed by atoms with Crippen LogP contribution in [0.2, 0.25) is 0 Å². The van der Waals surface area contributed by atoms with Gasteiger partial charge in [-0.2, -0.15) is 0 Å². The van der Waals surface area contributed by atoms with E-state index in [0.717, 1.165) is 25.0 Å². The maximum Gasteiger partial charge on any atom is 0.185 e. The first-order valence-corrected chi connectivity index (χ1v) is 7.17. The molecular formula is C12H19N3S. The SMILES string of the molecule is c1csc(N2CCC(NCC3CC3)CC2)n1. The second-order valence-electron chi connectivity index (χ2n) is 4.93. The number of thiazole rings is 1. The Kier molecular flexibility index (Phi) is 3.11. The summed E-state index contributed by atoms with van der Waals surface area (Å²) in [5.41, 5.74) is 0. The van der Waals surface area contributed by atoms with Crippen molar-refractivity contribution in [1.82, 2.24) is 10.3 Å². The number of hydrogen-bond acceptors (Lipinski definition) is 4. The van der Waals surface area contributed by atoms with Crippen LogP contribution in [0, 0.1) is 5.92 Å². The molecule has 0 bridgehead atoms. The quantitative estimate of drug-likeness (QED) is 0.869. The third-order valence-corrected chi connectivity index (χ3v) is 4.41. The molecule has 4 heteroatoms. The van der Waals surface area contributed by atoms with E-state index in [-0.39, 0.29) is 0 Å². The predicted molar refractivity (Wildman–Crippen MR) is 68.1 cm³/mol. The summed E-state index contributed by atoms with van der Waals surface area (Å²) in [6, 6.07) is 0.747. The molecule has 16 heavy (non-hydrogen) atoms. The fourth-order valence-corrected chi connectivity index (χ4v) is 3.00. The molecular weight excluding hydrogens is 218 g/mol. The van der Waals surface area contributed by atoms with Crippen molar-refractivity contribution in [3.63, 3.8) is 0 Å². The Labute approximate surface area is 101 Å². The molecule has 0 amide bonds. The second-order valence-corrected chi connectivity index (χ2v) is 5.80. The van der Waals surface area contributed by atoms with Crippen molar-refractivity contribution in [3.05, 3.63) is 11.6 Å². The lowest BCUT2D eigenvalue weighted by molar-refractivity contribution is 0.408. The number of rotatable bonds is 4. The normalized spacial score (nSPS) is 22.6. The first-order valence-electron chi connectivity index (χ1n) is 6.29. The molecule has 3 rings (SSSR count). The highest BCUT2D eigenvalue weighted by Gasteiger charge is 2.24. The van der Waals surface area contributed by atoms with Crippen molar-refractivity contribution >= 4 is 16.5 Å². The Morgan fingerprint density at radius 1 is 1.31 bits per heavy atom. The van der Waals surface area contributed by atoms with E-state index < -0.39 is 0 Å². The highest BCUT2D eigenvalue weighted by Crippen LogP contribution is 2.28. The van der Waals surface area contributed by atoms with E-state index >= 15 is 0 Å². The Morgan fingerprint density at radius 3 is 2.75 bits per heavy atom. The summed E-state index contributed by atoms with van der Waals surface area (Å²) in [6.07, 6.45) is 7.34. The molecule has 88 valence electrons. The van der Waals surface area contributed by atoms with Crippen LogP contribution in [-0.2, 0) is 0 Å². The van der Waals surface area contributed by atoms with Gasteiger partial charge >= 0.3 is 0 Å². The van der Waals surface area contributed by atoms with Gasteiger partial charge < -0.3 is 10.2 Å². The zero-order valence-corrected chi connectivity index (χ0v) is 10.4. The van der Waals surface area contributed by atoms with Gasteiger partial charge in [-0.15, -0.1) is 11.3 Å². The molecule has 2 heterocycles. The molecule has 3 nitrogen and oxygen atoms in total. The fraction of sp³-hybridized carbons (Fsp3) is 0.750. The lowest BCUT2D eigenvalue weighted by Gasteiger charge is -2.32. The number of aromatic nitrogens is 1.